The molecule has 4 atom stereocenters. The Morgan fingerprint density at radius 2 is 2.25 bits per heavy atom. The second-order valence-corrected chi connectivity index (χ2v) is 5.42. The summed E-state index contributed by atoms with van der Waals surface area (Å²) in [5.41, 5.74) is -1.04. The predicted molar refractivity (Wildman–Crippen MR) is 79.5 cm³/mol. The van der Waals surface area contributed by atoms with Gasteiger partial charge in [0.15, 0.2) is 0 Å². The van der Waals surface area contributed by atoms with E-state index in [2.05, 4.69) is 4.98 Å². The van der Waals surface area contributed by atoms with Crippen LogP contribution in [0.3, 0.4) is 0 Å². The van der Waals surface area contributed by atoms with Gasteiger partial charge in [-0.1, -0.05) is 22.6 Å². The lowest BCUT2D eigenvalue weighted by Gasteiger charge is -2.18. The van der Waals surface area contributed by atoms with Crippen molar-refractivity contribution in [2.75, 3.05) is 6.61 Å². The summed E-state index contributed by atoms with van der Waals surface area (Å²) in [5.74, 6) is -0.914. The summed E-state index contributed by atoms with van der Waals surface area (Å²) < 4.78 is 16.9. The lowest BCUT2D eigenvalue weighted by atomic mass is 10.1. The molecule has 6 nitrogen and oxygen atoms in total. The van der Waals surface area contributed by atoms with Gasteiger partial charge in [-0.05, 0) is 16.6 Å². The van der Waals surface area contributed by atoms with Gasteiger partial charge in [0.2, 0.25) is 0 Å². The Labute approximate surface area is 127 Å². The maximum atomic E-state index is 14.2. The van der Waals surface area contributed by atoms with E-state index in [9.17, 15) is 19.1 Å². The number of aromatic amines is 1. The zero-order chi connectivity index (χ0) is 14.9. The molecular weight excluding hydrogens is 382 g/mol. The van der Waals surface area contributed by atoms with Crippen molar-refractivity contribution >= 4 is 28.7 Å². The van der Waals surface area contributed by atoms with Crippen molar-refractivity contribution in [1.82, 2.24) is 9.55 Å². The van der Waals surface area contributed by atoms with E-state index in [-0.39, 0.29) is 12.0 Å². The normalized spacial score (nSPS) is 30.2. The molecule has 0 spiro atoms. The highest BCUT2D eigenvalue weighted by Crippen LogP contribution is 2.36. The molecule has 1 saturated carbocycles. The molecule has 4 unspecified atom stereocenters. The van der Waals surface area contributed by atoms with Crippen molar-refractivity contribution in [1.29, 1.82) is 0 Å². The van der Waals surface area contributed by atoms with Gasteiger partial charge in [0.05, 0.1) is 24.3 Å². The van der Waals surface area contributed by atoms with E-state index in [4.69, 9.17) is 5.11 Å². The molecule has 1 aliphatic carbocycles. The SMILES string of the molecule is O=c1[nH]c(=O)n(C2CC(O)C(CO)C2F)cc1/C=C/I. The molecular formula is C12H14FIN2O4. The largest absolute Gasteiger partial charge is 0.396 e. The zero-order valence-electron chi connectivity index (χ0n) is 10.4. The third-order valence-electron chi connectivity index (χ3n) is 3.56. The number of halogens is 2. The molecule has 1 fully saturated rings. The van der Waals surface area contributed by atoms with Crippen LogP contribution in [0.1, 0.15) is 18.0 Å². The van der Waals surface area contributed by atoms with E-state index in [1.165, 1.54) is 12.3 Å². The zero-order valence-corrected chi connectivity index (χ0v) is 12.5. The van der Waals surface area contributed by atoms with Crippen LogP contribution in [-0.2, 0) is 0 Å². The highest BCUT2D eigenvalue weighted by Gasteiger charge is 2.44. The molecule has 0 radical (unpaired) electrons. The van der Waals surface area contributed by atoms with Crippen LogP contribution in [0.5, 0.6) is 0 Å². The van der Waals surface area contributed by atoms with E-state index in [0.29, 0.717) is 0 Å². The molecule has 1 aliphatic rings. The first-order valence-electron chi connectivity index (χ1n) is 6.04. The van der Waals surface area contributed by atoms with Crippen molar-refractivity contribution in [3.63, 3.8) is 0 Å². The van der Waals surface area contributed by atoms with Crippen LogP contribution >= 0.6 is 22.6 Å². The van der Waals surface area contributed by atoms with Crippen molar-refractivity contribution in [2.45, 2.75) is 24.7 Å². The van der Waals surface area contributed by atoms with Gasteiger partial charge in [0.1, 0.15) is 6.17 Å². The maximum Gasteiger partial charge on any atom is 0.328 e. The standard InChI is InChI=1S/C12H14FIN2O4/c13-10-7(5-17)9(18)3-8(10)16-4-6(1-2-14)11(19)15-12(16)20/h1-2,4,7-10,17-18H,3,5H2,(H,15,19,20)/b2-1+. The topological polar surface area (TPSA) is 95.3 Å². The average Bonchev–Trinajstić information content (AvgIpc) is 2.68. The van der Waals surface area contributed by atoms with E-state index < -0.39 is 42.1 Å². The first-order valence-corrected chi connectivity index (χ1v) is 7.29. The molecule has 1 aromatic heterocycles. The molecule has 0 aliphatic heterocycles. The molecule has 0 bridgehead atoms. The van der Waals surface area contributed by atoms with Gasteiger partial charge in [-0.2, -0.15) is 0 Å². The summed E-state index contributed by atoms with van der Waals surface area (Å²) in [5, 5.41) is 18.8. The second-order valence-electron chi connectivity index (χ2n) is 4.70. The Morgan fingerprint density at radius 3 is 2.80 bits per heavy atom. The fraction of sp³-hybridized carbons (Fsp3) is 0.500. The Kier molecular flexibility index (Phi) is 4.76. The predicted octanol–water partition coefficient (Wildman–Crippen LogP) is 0.195. The van der Waals surface area contributed by atoms with Gasteiger partial charge in [-0.15, -0.1) is 0 Å². The van der Waals surface area contributed by atoms with Crippen LogP contribution in [-0.4, -0.2) is 38.6 Å². The lowest BCUT2D eigenvalue weighted by molar-refractivity contribution is 0.0591. The third-order valence-corrected chi connectivity index (χ3v) is 3.92. The molecule has 1 heterocycles. The lowest BCUT2D eigenvalue weighted by Crippen LogP contribution is -2.36. The fourth-order valence-electron chi connectivity index (χ4n) is 2.47. The molecule has 110 valence electrons. The smallest absolute Gasteiger partial charge is 0.328 e. The van der Waals surface area contributed by atoms with Gasteiger partial charge in [0.25, 0.3) is 5.56 Å². The van der Waals surface area contributed by atoms with E-state index >= 15 is 0 Å². The summed E-state index contributed by atoms with van der Waals surface area (Å²) in [7, 11) is 0. The molecule has 20 heavy (non-hydrogen) atoms. The number of H-pyrrole nitrogens is 1. The number of aliphatic hydroxyl groups excluding tert-OH is 2. The number of alkyl halides is 1. The Hall–Kier alpha value is -1.00. The van der Waals surface area contributed by atoms with Crippen molar-refractivity contribution in [3.8, 4) is 0 Å². The maximum absolute atomic E-state index is 14.2. The minimum absolute atomic E-state index is 0.0196. The summed E-state index contributed by atoms with van der Waals surface area (Å²) in [6.45, 7) is -0.489. The Morgan fingerprint density at radius 1 is 1.55 bits per heavy atom. The fourth-order valence-corrected chi connectivity index (χ4v) is 2.86. The number of rotatable bonds is 3. The Balaban J connectivity index is 2.46. The minimum Gasteiger partial charge on any atom is -0.396 e. The summed E-state index contributed by atoms with van der Waals surface area (Å²) in [4.78, 5) is 25.5. The third kappa shape index (κ3) is 2.72. The van der Waals surface area contributed by atoms with Gasteiger partial charge >= 0.3 is 5.69 Å². The molecule has 1 aromatic rings. The number of hydrogen-bond donors (Lipinski definition) is 3. The van der Waals surface area contributed by atoms with E-state index in [1.54, 1.807) is 4.08 Å². The highest BCUT2D eigenvalue weighted by atomic mass is 127. The van der Waals surface area contributed by atoms with Crippen LogP contribution in [0, 0.1) is 5.92 Å². The highest BCUT2D eigenvalue weighted by molar-refractivity contribution is 14.1. The first-order chi connectivity index (χ1) is 9.49. The number of aliphatic hydroxyl groups is 2. The van der Waals surface area contributed by atoms with Gasteiger partial charge in [0, 0.05) is 12.1 Å². The van der Waals surface area contributed by atoms with Crippen LogP contribution in [0.25, 0.3) is 6.08 Å². The molecule has 2 rings (SSSR count). The summed E-state index contributed by atoms with van der Waals surface area (Å²) >= 11 is 1.93. The summed E-state index contributed by atoms with van der Waals surface area (Å²) in [6, 6.07) is -0.895. The molecule has 0 amide bonds. The van der Waals surface area contributed by atoms with Crippen LogP contribution in [0.4, 0.5) is 4.39 Å². The van der Waals surface area contributed by atoms with Crippen molar-refractivity contribution in [2.24, 2.45) is 5.92 Å². The van der Waals surface area contributed by atoms with E-state index in [0.717, 1.165) is 4.57 Å². The monoisotopic (exact) mass is 396 g/mol. The van der Waals surface area contributed by atoms with Gasteiger partial charge in [-0.25, -0.2) is 9.18 Å². The molecule has 0 aromatic carbocycles. The Bertz CT molecular complexity index is 627. The number of aromatic nitrogens is 2. The molecule has 0 saturated heterocycles. The number of nitrogens with one attached hydrogen (secondary N) is 1. The second kappa shape index (κ2) is 6.19. The first kappa shape index (κ1) is 15.4. The van der Waals surface area contributed by atoms with Crippen LogP contribution < -0.4 is 11.2 Å². The molecule has 3 N–H and O–H groups in total. The van der Waals surface area contributed by atoms with Gasteiger partial charge < -0.3 is 10.2 Å². The summed E-state index contributed by atoms with van der Waals surface area (Å²) in [6.07, 6.45) is 0.237. The number of nitrogens with zero attached hydrogens (tertiary/aromatic N) is 1. The van der Waals surface area contributed by atoms with Crippen LogP contribution in [0.15, 0.2) is 19.9 Å². The molecule has 8 heteroatoms. The van der Waals surface area contributed by atoms with Crippen molar-refractivity contribution < 1.29 is 14.6 Å². The average molecular weight is 396 g/mol. The van der Waals surface area contributed by atoms with Crippen LogP contribution in [0.2, 0.25) is 0 Å². The number of hydrogen-bond acceptors (Lipinski definition) is 4. The minimum atomic E-state index is -1.55. The quantitative estimate of drug-likeness (QED) is 0.636. The van der Waals surface area contributed by atoms with Gasteiger partial charge in [-0.3, -0.25) is 14.3 Å². The van der Waals surface area contributed by atoms with E-state index in [1.807, 2.05) is 22.6 Å². The van der Waals surface area contributed by atoms with Crippen molar-refractivity contribution in [3.05, 3.63) is 36.7 Å².